The van der Waals surface area contributed by atoms with E-state index < -0.39 is 0 Å². The van der Waals surface area contributed by atoms with Crippen LogP contribution in [0.3, 0.4) is 0 Å². The van der Waals surface area contributed by atoms with Crippen LogP contribution in [0.4, 0.5) is 11.6 Å². The highest BCUT2D eigenvalue weighted by molar-refractivity contribution is 5.48. The lowest BCUT2D eigenvalue weighted by Gasteiger charge is -2.29. The molecular formula is C19H26N4O2. The molecule has 1 fully saturated rings. The average Bonchev–Trinajstić information content (AvgIpc) is 2.68. The van der Waals surface area contributed by atoms with Crippen molar-refractivity contribution in [1.82, 2.24) is 9.97 Å². The van der Waals surface area contributed by atoms with E-state index in [1.54, 1.807) is 6.33 Å². The van der Waals surface area contributed by atoms with Crippen molar-refractivity contribution in [2.45, 2.75) is 13.3 Å². The zero-order chi connectivity index (χ0) is 17.5. The third-order valence-corrected chi connectivity index (χ3v) is 4.54. The highest BCUT2D eigenvalue weighted by atomic mass is 16.5. The van der Waals surface area contributed by atoms with E-state index in [1.807, 2.05) is 24.3 Å². The highest BCUT2D eigenvalue weighted by Crippen LogP contribution is 2.23. The van der Waals surface area contributed by atoms with Gasteiger partial charge in [-0.15, -0.1) is 0 Å². The van der Waals surface area contributed by atoms with E-state index in [1.165, 1.54) is 5.56 Å². The van der Waals surface area contributed by atoms with Crippen molar-refractivity contribution in [3.05, 3.63) is 48.3 Å². The number of aromatic nitrogens is 2. The number of aliphatic hydroxyl groups is 1. The van der Waals surface area contributed by atoms with Crippen LogP contribution < -0.4 is 10.2 Å². The van der Waals surface area contributed by atoms with Gasteiger partial charge in [0.1, 0.15) is 18.0 Å². The van der Waals surface area contributed by atoms with E-state index in [4.69, 9.17) is 4.74 Å². The van der Waals surface area contributed by atoms with Crippen LogP contribution in [0.15, 0.2) is 42.7 Å². The predicted molar refractivity (Wildman–Crippen MR) is 98.9 cm³/mol. The Morgan fingerprint density at radius 1 is 1.20 bits per heavy atom. The lowest BCUT2D eigenvalue weighted by Crippen LogP contribution is -2.37. The molecule has 0 spiro atoms. The Balaban J connectivity index is 1.63. The van der Waals surface area contributed by atoms with E-state index in [9.17, 15) is 5.11 Å². The molecule has 1 aliphatic heterocycles. The van der Waals surface area contributed by atoms with Crippen LogP contribution in [-0.4, -0.2) is 54.5 Å². The molecule has 2 aromatic rings. The van der Waals surface area contributed by atoms with E-state index in [0.717, 1.165) is 44.4 Å². The monoisotopic (exact) mass is 342 g/mol. The second kappa shape index (κ2) is 8.27. The van der Waals surface area contributed by atoms with Crippen molar-refractivity contribution >= 4 is 11.6 Å². The van der Waals surface area contributed by atoms with Crippen LogP contribution in [0.5, 0.6) is 0 Å². The Morgan fingerprint density at radius 2 is 1.96 bits per heavy atom. The summed E-state index contributed by atoms with van der Waals surface area (Å²) in [5, 5.41) is 13.3. The first-order chi connectivity index (χ1) is 12.2. The van der Waals surface area contributed by atoms with Crippen LogP contribution in [0.25, 0.3) is 0 Å². The molecule has 0 aliphatic carbocycles. The Bertz CT molecular complexity index is 661. The predicted octanol–water partition coefficient (Wildman–Crippen LogP) is 1.97. The number of hydrogen-bond donors (Lipinski definition) is 2. The molecule has 0 radical (unpaired) electrons. The number of ether oxygens (including phenoxy) is 1. The molecule has 6 heteroatoms. The van der Waals surface area contributed by atoms with Crippen LogP contribution >= 0.6 is 0 Å². The Hall–Kier alpha value is -2.18. The minimum Gasteiger partial charge on any atom is -0.396 e. The van der Waals surface area contributed by atoms with Crippen molar-refractivity contribution in [3.63, 3.8) is 0 Å². The van der Waals surface area contributed by atoms with Crippen LogP contribution in [0, 0.1) is 5.41 Å². The third kappa shape index (κ3) is 4.90. The molecular weight excluding hydrogens is 316 g/mol. The molecule has 2 N–H and O–H groups in total. The maximum absolute atomic E-state index is 9.89. The minimum atomic E-state index is -0.259. The molecule has 3 rings (SSSR count). The fourth-order valence-corrected chi connectivity index (χ4v) is 2.98. The number of nitrogens with zero attached hydrogens (tertiary/aromatic N) is 3. The summed E-state index contributed by atoms with van der Waals surface area (Å²) in [6, 6.07) is 12.2. The Labute approximate surface area is 148 Å². The minimum absolute atomic E-state index is 0.107. The van der Waals surface area contributed by atoms with E-state index >= 15 is 0 Å². The van der Waals surface area contributed by atoms with Gasteiger partial charge in [0.15, 0.2) is 0 Å². The second-order valence-corrected chi connectivity index (χ2v) is 6.85. The topological polar surface area (TPSA) is 70.5 Å². The lowest BCUT2D eigenvalue weighted by atomic mass is 9.84. The Kier molecular flexibility index (Phi) is 5.83. The maximum Gasteiger partial charge on any atom is 0.134 e. The quantitative estimate of drug-likeness (QED) is 0.802. The SMILES string of the molecule is C[C@](CO)(CNc1cc(N2CCOCC2)ncn1)Cc1ccccc1. The van der Waals surface area contributed by atoms with Gasteiger partial charge < -0.3 is 20.1 Å². The molecule has 1 aromatic carbocycles. The number of nitrogens with one attached hydrogen (secondary N) is 1. The molecule has 1 aromatic heterocycles. The summed E-state index contributed by atoms with van der Waals surface area (Å²) in [7, 11) is 0. The van der Waals surface area contributed by atoms with Crippen molar-refractivity contribution in [1.29, 1.82) is 0 Å². The molecule has 1 atom stereocenters. The Morgan fingerprint density at radius 3 is 2.68 bits per heavy atom. The van der Waals surface area contributed by atoms with Crippen molar-refractivity contribution < 1.29 is 9.84 Å². The number of anilines is 2. The first kappa shape index (κ1) is 17.6. The van der Waals surface area contributed by atoms with E-state index in [-0.39, 0.29) is 12.0 Å². The van der Waals surface area contributed by atoms with Crippen molar-refractivity contribution in [2.75, 3.05) is 49.7 Å². The van der Waals surface area contributed by atoms with Gasteiger partial charge in [0.25, 0.3) is 0 Å². The molecule has 25 heavy (non-hydrogen) atoms. The zero-order valence-corrected chi connectivity index (χ0v) is 14.7. The number of rotatable bonds is 7. The molecule has 6 nitrogen and oxygen atoms in total. The van der Waals surface area contributed by atoms with Gasteiger partial charge in [-0.3, -0.25) is 0 Å². The second-order valence-electron chi connectivity index (χ2n) is 6.85. The summed E-state index contributed by atoms with van der Waals surface area (Å²) in [6.07, 6.45) is 2.39. The van der Waals surface area contributed by atoms with Gasteiger partial charge in [-0.2, -0.15) is 0 Å². The molecule has 1 aliphatic rings. The average molecular weight is 342 g/mol. The van der Waals surface area contributed by atoms with Crippen molar-refractivity contribution in [3.8, 4) is 0 Å². The van der Waals surface area contributed by atoms with Gasteiger partial charge in [0.05, 0.1) is 19.8 Å². The smallest absolute Gasteiger partial charge is 0.134 e. The summed E-state index contributed by atoms with van der Waals surface area (Å²) in [5.74, 6) is 1.69. The fraction of sp³-hybridized carbons (Fsp3) is 0.474. The first-order valence-electron chi connectivity index (χ1n) is 8.72. The number of aliphatic hydroxyl groups excluding tert-OH is 1. The fourth-order valence-electron chi connectivity index (χ4n) is 2.98. The normalized spacial score (nSPS) is 17.1. The van der Waals surface area contributed by atoms with Gasteiger partial charge in [0.2, 0.25) is 0 Å². The molecule has 1 saturated heterocycles. The summed E-state index contributed by atoms with van der Waals surface area (Å²) in [6.45, 7) is 5.97. The van der Waals surface area contributed by atoms with E-state index in [0.29, 0.717) is 6.54 Å². The number of hydrogen-bond acceptors (Lipinski definition) is 6. The zero-order valence-electron chi connectivity index (χ0n) is 14.7. The molecule has 0 unspecified atom stereocenters. The van der Waals surface area contributed by atoms with Gasteiger partial charge >= 0.3 is 0 Å². The molecule has 2 heterocycles. The summed E-state index contributed by atoms with van der Waals surface area (Å²) < 4.78 is 5.39. The highest BCUT2D eigenvalue weighted by Gasteiger charge is 2.24. The summed E-state index contributed by atoms with van der Waals surface area (Å²) >= 11 is 0. The molecule has 134 valence electrons. The van der Waals surface area contributed by atoms with Gasteiger partial charge in [-0.05, 0) is 12.0 Å². The largest absolute Gasteiger partial charge is 0.396 e. The summed E-state index contributed by atoms with van der Waals surface area (Å²) in [5.41, 5.74) is 0.961. The van der Waals surface area contributed by atoms with Gasteiger partial charge in [-0.25, -0.2) is 9.97 Å². The van der Waals surface area contributed by atoms with Crippen molar-refractivity contribution in [2.24, 2.45) is 5.41 Å². The van der Waals surface area contributed by atoms with Crippen LogP contribution in [0.2, 0.25) is 0 Å². The molecule has 0 saturated carbocycles. The van der Waals surface area contributed by atoms with Crippen LogP contribution in [0.1, 0.15) is 12.5 Å². The van der Waals surface area contributed by atoms with E-state index in [2.05, 4.69) is 39.2 Å². The van der Waals surface area contributed by atoms with Gasteiger partial charge in [0, 0.05) is 31.1 Å². The van der Waals surface area contributed by atoms with Gasteiger partial charge in [-0.1, -0.05) is 37.3 Å². The summed E-state index contributed by atoms with van der Waals surface area (Å²) in [4.78, 5) is 10.9. The lowest BCUT2D eigenvalue weighted by molar-refractivity contribution is 0.122. The number of morpholine rings is 1. The number of benzene rings is 1. The third-order valence-electron chi connectivity index (χ3n) is 4.54. The maximum atomic E-state index is 9.89. The molecule has 0 amide bonds. The molecule has 0 bridgehead atoms. The van der Waals surface area contributed by atoms with Crippen LogP contribution in [-0.2, 0) is 11.2 Å². The first-order valence-corrected chi connectivity index (χ1v) is 8.72. The standard InChI is InChI=1S/C19H26N4O2/c1-19(14-24,12-16-5-3-2-4-6-16)13-20-17-11-18(22-15-21-17)23-7-9-25-10-8-23/h2-6,11,15,24H,7-10,12-14H2,1H3,(H,20,21,22)/t19-/m1/s1.